The molecule has 0 aliphatic carbocycles. The summed E-state index contributed by atoms with van der Waals surface area (Å²) < 4.78 is 0. The zero-order valence-electron chi connectivity index (χ0n) is 12.0. The van der Waals surface area contributed by atoms with Crippen LogP contribution in [0.4, 0.5) is 10.6 Å². The number of carbonyl (C=O) groups excluding carboxylic acids is 1. The molecule has 1 aliphatic heterocycles. The summed E-state index contributed by atoms with van der Waals surface area (Å²) in [7, 11) is 3.89. The van der Waals surface area contributed by atoms with Gasteiger partial charge in [0, 0.05) is 25.8 Å². The molecule has 1 aromatic heterocycles. The Hall–Kier alpha value is -1.66. The van der Waals surface area contributed by atoms with Crippen molar-refractivity contribution >= 4 is 11.8 Å². The minimum atomic E-state index is -0.689. The number of amides is 2. The van der Waals surface area contributed by atoms with Crippen molar-refractivity contribution in [3.8, 4) is 0 Å². The molecule has 0 unspecified atom stereocenters. The Bertz CT molecular complexity index is 442. The minimum Gasteiger partial charge on any atom is -0.388 e. The van der Waals surface area contributed by atoms with Gasteiger partial charge in [0.05, 0.1) is 5.60 Å². The van der Waals surface area contributed by atoms with Crippen LogP contribution in [0.5, 0.6) is 0 Å². The molecule has 0 atom stereocenters. The van der Waals surface area contributed by atoms with E-state index in [1.54, 1.807) is 23.2 Å². The normalized spacial score (nSPS) is 18.1. The number of hydrogen-bond donors (Lipinski definition) is 2. The highest BCUT2D eigenvalue weighted by Crippen LogP contribution is 2.23. The average molecular weight is 278 g/mol. The largest absolute Gasteiger partial charge is 0.388 e. The van der Waals surface area contributed by atoms with E-state index in [4.69, 9.17) is 0 Å². The number of carbonyl (C=O) groups is 1. The number of rotatable bonds is 3. The molecule has 6 nitrogen and oxygen atoms in total. The maximum Gasteiger partial charge on any atom is 0.323 e. The van der Waals surface area contributed by atoms with Gasteiger partial charge in [0.25, 0.3) is 0 Å². The molecule has 1 aliphatic rings. The van der Waals surface area contributed by atoms with E-state index >= 15 is 0 Å². The number of aromatic nitrogens is 1. The number of anilines is 1. The van der Waals surface area contributed by atoms with Crippen LogP contribution in [0.1, 0.15) is 12.8 Å². The fourth-order valence-corrected chi connectivity index (χ4v) is 2.50. The molecule has 6 heteroatoms. The van der Waals surface area contributed by atoms with E-state index in [0.717, 1.165) is 0 Å². The molecule has 1 fully saturated rings. The summed E-state index contributed by atoms with van der Waals surface area (Å²) in [6.07, 6.45) is 2.84. The molecule has 0 spiro atoms. The lowest BCUT2D eigenvalue weighted by Crippen LogP contribution is -2.51. The van der Waals surface area contributed by atoms with E-state index < -0.39 is 5.60 Å². The van der Waals surface area contributed by atoms with Crippen molar-refractivity contribution in [2.75, 3.05) is 39.0 Å². The molecular weight excluding hydrogens is 256 g/mol. The number of piperidine rings is 1. The molecular formula is C14H22N4O2. The number of nitrogens with one attached hydrogen (secondary N) is 1. The number of aliphatic hydroxyl groups is 1. The van der Waals surface area contributed by atoms with Gasteiger partial charge in [-0.15, -0.1) is 0 Å². The van der Waals surface area contributed by atoms with Crippen molar-refractivity contribution in [1.82, 2.24) is 14.8 Å². The topological polar surface area (TPSA) is 68.7 Å². The van der Waals surface area contributed by atoms with Crippen molar-refractivity contribution in [3.05, 3.63) is 24.4 Å². The Labute approximate surface area is 119 Å². The summed E-state index contributed by atoms with van der Waals surface area (Å²) in [5, 5.41) is 13.2. The Morgan fingerprint density at radius 2 is 2.15 bits per heavy atom. The quantitative estimate of drug-likeness (QED) is 0.865. The van der Waals surface area contributed by atoms with Crippen LogP contribution in [0, 0.1) is 0 Å². The van der Waals surface area contributed by atoms with Gasteiger partial charge < -0.3 is 14.9 Å². The number of pyridine rings is 1. The summed E-state index contributed by atoms with van der Waals surface area (Å²) in [6, 6.07) is 5.23. The van der Waals surface area contributed by atoms with Crippen LogP contribution in [0.15, 0.2) is 24.4 Å². The lowest BCUT2D eigenvalue weighted by molar-refractivity contribution is -0.0284. The van der Waals surface area contributed by atoms with Gasteiger partial charge in [0.15, 0.2) is 0 Å². The first kappa shape index (κ1) is 14.7. The lowest BCUT2D eigenvalue weighted by Gasteiger charge is -2.39. The molecule has 2 N–H and O–H groups in total. The van der Waals surface area contributed by atoms with Gasteiger partial charge in [-0.1, -0.05) is 6.07 Å². The van der Waals surface area contributed by atoms with Gasteiger partial charge in [-0.2, -0.15) is 0 Å². The number of likely N-dealkylation sites (tertiary alicyclic amines) is 1. The predicted octanol–water partition coefficient (Wildman–Crippen LogP) is 1.00. The van der Waals surface area contributed by atoms with Crippen LogP contribution in [0.2, 0.25) is 0 Å². The zero-order chi connectivity index (χ0) is 14.6. The van der Waals surface area contributed by atoms with E-state index in [2.05, 4.69) is 10.3 Å². The van der Waals surface area contributed by atoms with Gasteiger partial charge in [-0.3, -0.25) is 5.32 Å². The predicted molar refractivity (Wildman–Crippen MR) is 77.6 cm³/mol. The molecule has 0 saturated carbocycles. The second-order valence-corrected chi connectivity index (χ2v) is 5.59. The third-order valence-electron chi connectivity index (χ3n) is 3.49. The Morgan fingerprint density at radius 1 is 1.45 bits per heavy atom. The molecule has 0 aromatic carbocycles. The molecule has 0 bridgehead atoms. The number of likely N-dealkylation sites (N-methyl/N-ethyl adjacent to an activating group) is 1. The van der Waals surface area contributed by atoms with E-state index in [9.17, 15) is 9.90 Å². The third kappa shape index (κ3) is 3.91. The Morgan fingerprint density at radius 3 is 2.70 bits per heavy atom. The summed E-state index contributed by atoms with van der Waals surface area (Å²) in [5.41, 5.74) is -0.689. The maximum atomic E-state index is 12.1. The highest BCUT2D eigenvalue weighted by atomic mass is 16.3. The van der Waals surface area contributed by atoms with E-state index in [1.165, 1.54) is 0 Å². The SMILES string of the molecule is CN(C)CC1(O)CCN(C(=O)Nc2ccccn2)CC1. The van der Waals surface area contributed by atoms with Gasteiger partial charge >= 0.3 is 6.03 Å². The molecule has 0 radical (unpaired) electrons. The van der Waals surface area contributed by atoms with E-state index in [1.807, 2.05) is 25.1 Å². The standard InChI is InChI=1S/C14H22N4O2/c1-17(2)11-14(20)6-9-18(10-7-14)13(19)16-12-5-3-4-8-15-12/h3-5,8,20H,6-7,9-11H2,1-2H3,(H,15,16,19). The smallest absolute Gasteiger partial charge is 0.323 e. The zero-order valence-corrected chi connectivity index (χ0v) is 12.0. The lowest BCUT2D eigenvalue weighted by atomic mass is 9.91. The maximum absolute atomic E-state index is 12.1. The third-order valence-corrected chi connectivity index (χ3v) is 3.49. The summed E-state index contributed by atoms with van der Waals surface area (Å²) in [6.45, 7) is 1.74. The minimum absolute atomic E-state index is 0.157. The van der Waals surface area contributed by atoms with Crippen molar-refractivity contribution < 1.29 is 9.90 Å². The van der Waals surface area contributed by atoms with Crippen LogP contribution in [0.3, 0.4) is 0 Å². The molecule has 1 saturated heterocycles. The highest BCUT2D eigenvalue weighted by molar-refractivity contribution is 5.88. The van der Waals surface area contributed by atoms with Crippen molar-refractivity contribution in [2.24, 2.45) is 0 Å². The first-order chi connectivity index (χ1) is 9.48. The van der Waals surface area contributed by atoms with Crippen LogP contribution in [0.25, 0.3) is 0 Å². The summed E-state index contributed by atoms with van der Waals surface area (Å²) >= 11 is 0. The number of urea groups is 1. The van der Waals surface area contributed by atoms with Gasteiger partial charge in [-0.25, -0.2) is 9.78 Å². The van der Waals surface area contributed by atoms with Gasteiger partial charge in [0.2, 0.25) is 0 Å². The highest BCUT2D eigenvalue weighted by Gasteiger charge is 2.34. The van der Waals surface area contributed by atoms with Crippen LogP contribution in [-0.4, -0.2) is 65.3 Å². The summed E-state index contributed by atoms with van der Waals surface area (Å²) in [5.74, 6) is 0.548. The van der Waals surface area contributed by atoms with E-state index in [0.29, 0.717) is 38.3 Å². The van der Waals surface area contributed by atoms with Gasteiger partial charge in [-0.05, 0) is 39.1 Å². The molecule has 110 valence electrons. The Balaban J connectivity index is 1.86. The fourth-order valence-electron chi connectivity index (χ4n) is 2.50. The summed E-state index contributed by atoms with van der Waals surface area (Å²) in [4.78, 5) is 19.8. The van der Waals surface area contributed by atoms with Gasteiger partial charge in [0.1, 0.15) is 5.82 Å². The molecule has 20 heavy (non-hydrogen) atoms. The van der Waals surface area contributed by atoms with E-state index in [-0.39, 0.29) is 6.03 Å². The second kappa shape index (κ2) is 6.19. The molecule has 2 heterocycles. The van der Waals surface area contributed by atoms with Crippen LogP contribution >= 0.6 is 0 Å². The number of hydrogen-bond acceptors (Lipinski definition) is 4. The second-order valence-electron chi connectivity index (χ2n) is 5.59. The van der Waals surface area contributed by atoms with Crippen LogP contribution in [-0.2, 0) is 0 Å². The Kier molecular flexibility index (Phi) is 4.57. The fraction of sp³-hybridized carbons (Fsp3) is 0.571. The first-order valence-corrected chi connectivity index (χ1v) is 6.83. The first-order valence-electron chi connectivity index (χ1n) is 6.83. The monoisotopic (exact) mass is 278 g/mol. The van der Waals surface area contributed by atoms with Crippen molar-refractivity contribution in [2.45, 2.75) is 18.4 Å². The molecule has 2 rings (SSSR count). The average Bonchev–Trinajstić information content (AvgIpc) is 2.39. The molecule has 1 aromatic rings. The molecule has 2 amide bonds. The van der Waals surface area contributed by atoms with Crippen molar-refractivity contribution in [1.29, 1.82) is 0 Å². The van der Waals surface area contributed by atoms with Crippen LogP contribution < -0.4 is 5.32 Å². The number of nitrogens with zero attached hydrogens (tertiary/aromatic N) is 3. The van der Waals surface area contributed by atoms with Crippen molar-refractivity contribution in [3.63, 3.8) is 0 Å².